The van der Waals surface area contributed by atoms with Gasteiger partial charge in [-0.3, -0.25) is 9.59 Å². The first-order chi connectivity index (χ1) is 10.9. The third-order valence-corrected chi connectivity index (χ3v) is 3.57. The molecule has 1 atom stereocenters. The second-order valence-electron chi connectivity index (χ2n) is 5.00. The van der Waals surface area contributed by atoms with Gasteiger partial charge in [-0.2, -0.15) is 0 Å². The summed E-state index contributed by atoms with van der Waals surface area (Å²) in [5, 5.41) is 0.367. The molecule has 2 aromatic rings. The van der Waals surface area contributed by atoms with Crippen LogP contribution in [0.4, 0.5) is 5.69 Å². The molecule has 0 aromatic heterocycles. The number of hydrogen-bond donors (Lipinski definition) is 1. The number of hydrogen-bond acceptors (Lipinski definition) is 3. The lowest BCUT2D eigenvalue weighted by molar-refractivity contribution is -0.124. The zero-order valence-electron chi connectivity index (χ0n) is 12.8. The van der Waals surface area contributed by atoms with Crippen LogP contribution in [-0.4, -0.2) is 25.0 Å². The predicted octanol–water partition coefficient (Wildman–Crippen LogP) is 2.87. The van der Waals surface area contributed by atoms with Gasteiger partial charge in [-0.15, -0.1) is 0 Å². The number of carbonyl (C=O) groups excluding carboxylic acids is 2. The second kappa shape index (κ2) is 7.15. The van der Waals surface area contributed by atoms with Crippen LogP contribution in [0.1, 0.15) is 17.3 Å². The number of halogens is 1. The van der Waals surface area contributed by atoms with Gasteiger partial charge in [0.15, 0.2) is 6.10 Å². The number of carbonyl (C=O) groups is 2. The Morgan fingerprint density at radius 3 is 2.43 bits per heavy atom. The quantitative estimate of drug-likeness (QED) is 0.915. The van der Waals surface area contributed by atoms with Crippen molar-refractivity contribution < 1.29 is 14.3 Å². The molecular formula is C17H17ClN2O3. The van der Waals surface area contributed by atoms with Crippen molar-refractivity contribution in [3.05, 3.63) is 59.1 Å². The number of amides is 2. The number of primary amides is 1. The second-order valence-corrected chi connectivity index (χ2v) is 5.43. The summed E-state index contributed by atoms with van der Waals surface area (Å²) in [6, 6.07) is 13.7. The van der Waals surface area contributed by atoms with Crippen LogP contribution in [-0.2, 0) is 4.79 Å². The van der Waals surface area contributed by atoms with Crippen molar-refractivity contribution in [3.63, 3.8) is 0 Å². The normalized spacial score (nSPS) is 11.6. The standard InChI is InChI=1S/C17H17ClN2O3/c1-11(17(22)20(2)13-6-4-3-5-7-13)23-15-9-8-12(18)10-14(15)16(19)21/h3-11H,1-2H3,(H2,19,21). The molecule has 0 heterocycles. The van der Waals surface area contributed by atoms with Gasteiger partial charge >= 0.3 is 0 Å². The molecular weight excluding hydrogens is 316 g/mol. The predicted molar refractivity (Wildman–Crippen MR) is 89.9 cm³/mol. The van der Waals surface area contributed by atoms with Gasteiger partial charge in [0, 0.05) is 17.8 Å². The summed E-state index contributed by atoms with van der Waals surface area (Å²) >= 11 is 5.85. The molecule has 0 aliphatic heterocycles. The van der Waals surface area contributed by atoms with Crippen molar-refractivity contribution in [3.8, 4) is 5.75 Å². The van der Waals surface area contributed by atoms with E-state index in [2.05, 4.69) is 0 Å². The molecule has 2 N–H and O–H groups in total. The summed E-state index contributed by atoms with van der Waals surface area (Å²) in [5.41, 5.74) is 6.20. The maximum Gasteiger partial charge on any atom is 0.267 e. The van der Waals surface area contributed by atoms with E-state index < -0.39 is 12.0 Å². The Bertz CT molecular complexity index is 719. The zero-order chi connectivity index (χ0) is 17.0. The first-order valence-electron chi connectivity index (χ1n) is 6.98. The van der Waals surface area contributed by atoms with Crippen molar-refractivity contribution in [2.24, 2.45) is 5.73 Å². The zero-order valence-corrected chi connectivity index (χ0v) is 13.6. The van der Waals surface area contributed by atoms with E-state index in [0.29, 0.717) is 5.02 Å². The summed E-state index contributed by atoms with van der Waals surface area (Å²) < 4.78 is 5.62. The highest BCUT2D eigenvalue weighted by Gasteiger charge is 2.22. The third kappa shape index (κ3) is 4.02. The van der Waals surface area contributed by atoms with Gasteiger partial charge in [0.25, 0.3) is 11.8 Å². The van der Waals surface area contributed by atoms with Crippen LogP contribution in [0.2, 0.25) is 5.02 Å². The van der Waals surface area contributed by atoms with Gasteiger partial charge in [-0.05, 0) is 37.3 Å². The monoisotopic (exact) mass is 332 g/mol. The molecule has 0 spiro atoms. The SMILES string of the molecule is CC(Oc1ccc(Cl)cc1C(N)=O)C(=O)N(C)c1ccccc1. The Kier molecular flexibility index (Phi) is 5.24. The van der Waals surface area contributed by atoms with E-state index in [-0.39, 0.29) is 17.2 Å². The molecule has 0 saturated carbocycles. The van der Waals surface area contributed by atoms with E-state index in [1.807, 2.05) is 30.3 Å². The van der Waals surface area contributed by atoms with Gasteiger partial charge in [0.2, 0.25) is 0 Å². The number of benzene rings is 2. The average Bonchev–Trinajstić information content (AvgIpc) is 2.55. The fourth-order valence-corrected chi connectivity index (χ4v) is 2.26. The Labute approximate surface area is 139 Å². The van der Waals surface area contributed by atoms with E-state index in [4.69, 9.17) is 22.1 Å². The molecule has 0 bridgehead atoms. The lowest BCUT2D eigenvalue weighted by Crippen LogP contribution is -2.38. The van der Waals surface area contributed by atoms with Gasteiger partial charge in [-0.1, -0.05) is 29.8 Å². The van der Waals surface area contributed by atoms with Crippen molar-refractivity contribution >= 4 is 29.1 Å². The van der Waals surface area contributed by atoms with Gasteiger partial charge in [0.1, 0.15) is 5.75 Å². The van der Waals surface area contributed by atoms with Crippen molar-refractivity contribution in [2.45, 2.75) is 13.0 Å². The smallest absolute Gasteiger partial charge is 0.267 e. The van der Waals surface area contributed by atoms with Crippen LogP contribution in [0.15, 0.2) is 48.5 Å². The molecule has 0 aliphatic rings. The maximum atomic E-state index is 12.5. The lowest BCUT2D eigenvalue weighted by Gasteiger charge is -2.23. The van der Waals surface area contributed by atoms with E-state index in [0.717, 1.165) is 5.69 Å². The third-order valence-electron chi connectivity index (χ3n) is 3.33. The Morgan fingerprint density at radius 2 is 1.83 bits per heavy atom. The summed E-state index contributed by atoms with van der Waals surface area (Å²) in [7, 11) is 1.66. The Morgan fingerprint density at radius 1 is 1.17 bits per heavy atom. The number of nitrogens with zero attached hydrogens (tertiary/aromatic N) is 1. The van der Waals surface area contributed by atoms with Crippen molar-refractivity contribution in [2.75, 3.05) is 11.9 Å². The highest BCUT2D eigenvalue weighted by Crippen LogP contribution is 2.24. The molecule has 0 fully saturated rings. The van der Waals surface area contributed by atoms with Crippen molar-refractivity contribution in [1.29, 1.82) is 0 Å². The fourth-order valence-electron chi connectivity index (χ4n) is 2.09. The van der Waals surface area contributed by atoms with Crippen LogP contribution < -0.4 is 15.4 Å². The van der Waals surface area contributed by atoms with Crippen LogP contribution in [0.5, 0.6) is 5.75 Å². The molecule has 2 amide bonds. The van der Waals surface area contributed by atoms with E-state index in [1.54, 1.807) is 20.0 Å². The maximum absolute atomic E-state index is 12.5. The van der Waals surface area contributed by atoms with E-state index >= 15 is 0 Å². The molecule has 5 nitrogen and oxygen atoms in total. The molecule has 120 valence electrons. The molecule has 0 aliphatic carbocycles. The van der Waals surface area contributed by atoms with Gasteiger partial charge in [0.05, 0.1) is 5.56 Å². The number of likely N-dealkylation sites (N-methyl/N-ethyl adjacent to an activating group) is 1. The first-order valence-corrected chi connectivity index (χ1v) is 7.36. The van der Waals surface area contributed by atoms with Gasteiger partial charge < -0.3 is 15.4 Å². The minimum Gasteiger partial charge on any atom is -0.480 e. The molecule has 6 heteroatoms. The Balaban J connectivity index is 2.17. The Hall–Kier alpha value is -2.53. The van der Waals surface area contributed by atoms with Crippen LogP contribution in [0.3, 0.4) is 0 Å². The molecule has 2 rings (SSSR count). The van der Waals surface area contributed by atoms with Gasteiger partial charge in [-0.25, -0.2) is 0 Å². The van der Waals surface area contributed by atoms with Crippen LogP contribution in [0.25, 0.3) is 0 Å². The molecule has 2 aromatic carbocycles. The molecule has 0 radical (unpaired) electrons. The summed E-state index contributed by atoms with van der Waals surface area (Å²) in [5.74, 6) is -0.690. The van der Waals surface area contributed by atoms with Crippen LogP contribution >= 0.6 is 11.6 Å². The largest absolute Gasteiger partial charge is 0.480 e. The minimum absolute atomic E-state index is 0.138. The summed E-state index contributed by atoms with van der Waals surface area (Å²) in [6.07, 6.45) is -0.792. The summed E-state index contributed by atoms with van der Waals surface area (Å²) in [6.45, 7) is 1.61. The minimum atomic E-state index is -0.792. The number of para-hydroxylation sites is 1. The van der Waals surface area contributed by atoms with Crippen LogP contribution in [0, 0.1) is 0 Å². The highest BCUT2D eigenvalue weighted by atomic mass is 35.5. The topological polar surface area (TPSA) is 72.6 Å². The van der Waals surface area contributed by atoms with E-state index in [9.17, 15) is 9.59 Å². The molecule has 1 unspecified atom stereocenters. The molecule has 23 heavy (non-hydrogen) atoms. The lowest BCUT2D eigenvalue weighted by atomic mass is 10.2. The molecule has 0 saturated heterocycles. The average molecular weight is 333 g/mol. The fraction of sp³-hybridized carbons (Fsp3) is 0.176. The number of nitrogens with two attached hydrogens (primary N) is 1. The number of ether oxygens (including phenoxy) is 1. The highest BCUT2D eigenvalue weighted by molar-refractivity contribution is 6.31. The number of rotatable bonds is 5. The van der Waals surface area contributed by atoms with Crippen molar-refractivity contribution in [1.82, 2.24) is 0 Å². The number of anilines is 1. The van der Waals surface area contributed by atoms with E-state index in [1.165, 1.54) is 17.0 Å². The summed E-state index contributed by atoms with van der Waals surface area (Å²) in [4.78, 5) is 25.4. The first kappa shape index (κ1) is 16.8.